The molecule has 1 fully saturated rings. The molecule has 2 aliphatic rings. The molecule has 4 aromatic carbocycles. The fraction of sp³-hybridized carbons (Fsp3) is 0.250. The van der Waals surface area contributed by atoms with Gasteiger partial charge in [0.25, 0.3) is 8.32 Å². The highest BCUT2D eigenvalue weighted by Gasteiger charge is 2.67. The molecule has 0 amide bonds. The fourth-order valence-corrected chi connectivity index (χ4v) is 11.8. The molecule has 0 N–H and O–H groups in total. The molecule has 2 aliphatic carbocycles. The Morgan fingerprint density at radius 2 is 1.32 bits per heavy atom. The Balaban J connectivity index is 1.58. The van der Waals surface area contributed by atoms with Gasteiger partial charge in [0.2, 0.25) is 0 Å². The topological polar surface area (TPSA) is 35.5 Å². The Labute approximate surface area is 238 Å². The van der Waals surface area contributed by atoms with E-state index in [0.717, 1.165) is 16.7 Å². The van der Waals surface area contributed by atoms with E-state index in [-0.39, 0.29) is 23.0 Å². The zero-order valence-corrected chi connectivity index (χ0v) is 24.6. The largest absolute Gasteiger partial charge is 0.468 e. The van der Waals surface area contributed by atoms with Gasteiger partial charge in [0.1, 0.15) is 5.41 Å². The molecule has 0 aromatic heterocycles. The molecular formula is C36H36O3Si. The smallest absolute Gasteiger partial charge is 0.317 e. The molecule has 0 unspecified atom stereocenters. The van der Waals surface area contributed by atoms with Crippen molar-refractivity contribution in [1.82, 2.24) is 0 Å². The fourth-order valence-electron chi connectivity index (χ4n) is 7.18. The first kappa shape index (κ1) is 26.5. The maximum Gasteiger partial charge on any atom is 0.317 e. The number of rotatable bonds is 6. The molecule has 0 spiro atoms. The van der Waals surface area contributed by atoms with Crippen molar-refractivity contribution in [3.05, 3.63) is 138 Å². The summed E-state index contributed by atoms with van der Waals surface area (Å²) in [5.41, 5.74) is 3.76. The van der Waals surface area contributed by atoms with Crippen LogP contribution < -0.4 is 10.4 Å². The Hall–Kier alpha value is -3.73. The summed E-state index contributed by atoms with van der Waals surface area (Å²) < 4.78 is 13.3. The number of methoxy groups -OCH3 is 1. The highest BCUT2D eigenvalue weighted by atomic mass is 28.4. The van der Waals surface area contributed by atoms with Crippen molar-refractivity contribution < 1.29 is 14.0 Å². The molecule has 202 valence electrons. The number of carbonyl (C=O) groups is 1. The van der Waals surface area contributed by atoms with E-state index in [4.69, 9.17) is 9.16 Å². The molecule has 6 rings (SSSR count). The summed E-state index contributed by atoms with van der Waals surface area (Å²) in [5.74, 6) is -0.317. The molecule has 0 radical (unpaired) electrons. The predicted molar refractivity (Wildman–Crippen MR) is 164 cm³/mol. The van der Waals surface area contributed by atoms with Gasteiger partial charge in [0.15, 0.2) is 0 Å². The second kappa shape index (κ2) is 10.0. The van der Waals surface area contributed by atoms with Crippen molar-refractivity contribution >= 4 is 30.7 Å². The predicted octanol–water partition coefficient (Wildman–Crippen LogP) is 6.83. The quantitative estimate of drug-likeness (QED) is 0.197. The van der Waals surface area contributed by atoms with Gasteiger partial charge in [-0.1, -0.05) is 148 Å². The van der Waals surface area contributed by atoms with E-state index in [1.807, 2.05) is 12.1 Å². The van der Waals surface area contributed by atoms with Gasteiger partial charge in [-0.3, -0.25) is 4.79 Å². The van der Waals surface area contributed by atoms with Gasteiger partial charge < -0.3 is 9.16 Å². The van der Waals surface area contributed by atoms with Crippen molar-refractivity contribution in [3.63, 3.8) is 0 Å². The summed E-state index contributed by atoms with van der Waals surface area (Å²) in [6.45, 7) is 6.90. The van der Waals surface area contributed by atoms with Crippen molar-refractivity contribution in [3.8, 4) is 0 Å². The van der Waals surface area contributed by atoms with E-state index >= 15 is 0 Å². The first-order chi connectivity index (χ1) is 19.3. The summed E-state index contributed by atoms with van der Waals surface area (Å²) in [4.78, 5) is 13.7. The van der Waals surface area contributed by atoms with Crippen LogP contribution in [0.3, 0.4) is 0 Å². The summed E-state index contributed by atoms with van der Waals surface area (Å²) in [6, 6.07) is 40.2. The van der Waals surface area contributed by atoms with Gasteiger partial charge in [0.05, 0.1) is 13.2 Å². The van der Waals surface area contributed by atoms with E-state index in [9.17, 15) is 4.79 Å². The Morgan fingerprint density at radius 1 is 0.800 bits per heavy atom. The van der Waals surface area contributed by atoms with Crippen LogP contribution in [0.15, 0.2) is 121 Å². The van der Waals surface area contributed by atoms with Crippen LogP contribution in [0.2, 0.25) is 5.04 Å². The van der Waals surface area contributed by atoms with Gasteiger partial charge in [-0.15, -0.1) is 0 Å². The Morgan fingerprint density at radius 3 is 1.88 bits per heavy atom. The first-order valence-electron chi connectivity index (χ1n) is 14.0. The minimum Gasteiger partial charge on any atom is -0.468 e. The van der Waals surface area contributed by atoms with Crippen LogP contribution in [-0.4, -0.2) is 21.4 Å². The van der Waals surface area contributed by atoms with Crippen LogP contribution in [0.4, 0.5) is 0 Å². The first-order valence-corrected chi connectivity index (χ1v) is 16.0. The molecule has 0 aliphatic heterocycles. The zero-order valence-electron chi connectivity index (χ0n) is 23.6. The Kier molecular flexibility index (Phi) is 6.64. The SMILES string of the molecule is COC(=O)[C@@]12C/C(=C\c3ccccc3)[C@@H]1[C@@H](O[Si](c1ccccc1)(c1ccccc1)C(C)(C)C)c1ccccc12. The molecule has 3 atom stereocenters. The van der Waals surface area contributed by atoms with Crippen LogP contribution in [0.5, 0.6) is 0 Å². The third-order valence-corrected chi connectivity index (χ3v) is 13.9. The average Bonchev–Trinajstić information content (AvgIpc) is 3.19. The van der Waals surface area contributed by atoms with E-state index in [2.05, 4.69) is 130 Å². The van der Waals surface area contributed by atoms with E-state index in [1.54, 1.807) is 0 Å². The lowest BCUT2D eigenvalue weighted by Gasteiger charge is -2.50. The van der Waals surface area contributed by atoms with Gasteiger partial charge in [-0.25, -0.2) is 0 Å². The molecule has 0 saturated heterocycles. The third-order valence-electron chi connectivity index (χ3n) is 8.89. The highest BCUT2D eigenvalue weighted by molar-refractivity contribution is 6.99. The lowest BCUT2D eigenvalue weighted by molar-refractivity contribution is -0.153. The van der Waals surface area contributed by atoms with Crippen LogP contribution in [0.1, 0.15) is 50.0 Å². The van der Waals surface area contributed by atoms with Gasteiger partial charge in [-0.05, 0) is 38.5 Å². The number of benzene rings is 4. The molecule has 3 nitrogen and oxygen atoms in total. The van der Waals surface area contributed by atoms with Gasteiger partial charge in [-0.2, -0.15) is 0 Å². The van der Waals surface area contributed by atoms with Crippen LogP contribution >= 0.6 is 0 Å². The lowest BCUT2D eigenvalue weighted by Crippen LogP contribution is -2.67. The van der Waals surface area contributed by atoms with Gasteiger partial charge >= 0.3 is 5.97 Å². The van der Waals surface area contributed by atoms with Crippen molar-refractivity contribution in [1.29, 1.82) is 0 Å². The minimum absolute atomic E-state index is 0.140. The van der Waals surface area contributed by atoms with Crippen LogP contribution in [0.25, 0.3) is 6.08 Å². The van der Waals surface area contributed by atoms with E-state index in [1.165, 1.54) is 23.1 Å². The highest BCUT2D eigenvalue weighted by Crippen LogP contribution is 2.66. The molecule has 0 heterocycles. The normalized spacial score (nSPS) is 22.8. The number of hydrogen-bond acceptors (Lipinski definition) is 3. The van der Waals surface area contributed by atoms with E-state index < -0.39 is 13.7 Å². The van der Waals surface area contributed by atoms with Crippen molar-refractivity contribution in [2.75, 3.05) is 7.11 Å². The summed E-state index contributed by atoms with van der Waals surface area (Å²) in [7, 11) is -1.39. The number of carbonyl (C=O) groups excluding carboxylic acids is 1. The summed E-state index contributed by atoms with van der Waals surface area (Å²) in [5, 5.41) is 2.28. The third kappa shape index (κ3) is 3.93. The molecule has 0 bridgehead atoms. The standard InChI is InChI=1S/C36H36O3Si/c1-35(2,3)40(28-18-10-6-11-19-28,29-20-12-7-13-21-29)39-33-30-22-14-15-23-31(30)36(34(37)38-4)25-27(32(33)36)24-26-16-8-5-9-17-26/h5-24,32-33H,25H2,1-4H3/b27-24+/t32-,33+,36-/m1/s1. The van der Waals surface area contributed by atoms with Crippen LogP contribution in [0, 0.1) is 5.92 Å². The van der Waals surface area contributed by atoms with Gasteiger partial charge in [0, 0.05) is 5.92 Å². The lowest BCUT2D eigenvalue weighted by atomic mass is 9.56. The average molecular weight is 545 g/mol. The molecule has 4 heteroatoms. The monoisotopic (exact) mass is 544 g/mol. The molecular weight excluding hydrogens is 508 g/mol. The van der Waals surface area contributed by atoms with Crippen molar-refractivity contribution in [2.24, 2.45) is 5.92 Å². The number of fused-ring (bicyclic) bond motifs is 3. The molecule has 4 aromatic rings. The maximum absolute atomic E-state index is 13.7. The summed E-state index contributed by atoms with van der Waals surface area (Å²) in [6.07, 6.45) is 2.60. The number of esters is 1. The second-order valence-electron chi connectivity index (χ2n) is 12.0. The zero-order chi connectivity index (χ0) is 28.0. The maximum atomic E-state index is 13.7. The van der Waals surface area contributed by atoms with Crippen LogP contribution in [-0.2, 0) is 19.4 Å². The molecule has 1 saturated carbocycles. The van der Waals surface area contributed by atoms with Crippen molar-refractivity contribution in [2.45, 2.75) is 43.7 Å². The number of hydrogen-bond donors (Lipinski definition) is 0. The Bertz CT molecular complexity index is 1500. The minimum atomic E-state index is -2.90. The summed E-state index contributed by atoms with van der Waals surface area (Å²) >= 11 is 0. The molecule has 40 heavy (non-hydrogen) atoms. The second-order valence-corrected chi connectivity index (χ2v) is 16.3. The number of ether oxygens (including phenoxy) is 1. The van der Waals surface area contributed by atoms with E-state index in [0.29, 0.717) is 6.42 Å².